The minimum Gasteiger partial charge on any atom is -0.310 e. The summed E-state index contributed by atoms with van der Waals surface area (Å²) in [4.78, 5) is 2.19. The summed E-state index contributed by atoms with van der Waals surface area (Å²) in [6, 6.07) is 49.4. The summed E-state index contributed by atoms with van der Waals surface area (Å²) in [5, 5.41) is 0.0118. The Morgan fingerprint density at radius 1 is 0.449 bits per heavy atom. The lowest BCUT2D eigenvalue weighted by Crippen LogP contribution is -2.23. The molecule has 1 nitrogen and oxygen atoms in total. The van der Waals surface area contributed by atoms with Gasteiger partial charge in [0.2, 0.25) is 0 Å². The summed E-state index contributed by atoms with van der Waals surface area (Å²) < 4.78 is 60.0. The molecule has 1 aliphatic carbocycles. The van der Waals surface area contributed by atoms with Crippen LogP contribution in [0.3, 0.4) is 0 Å². The van der Waals surface area contributed by atoms with E-state index in [1.54, 1.807) is 0 Å². The maximum Gasteiger partial charge on any atom is 0.0629 e. The third-order valence-corrected chi connectivity index (χ3v) is 9.86. The second kappa shape index (κ2) is 11.8. The zero-order chi connectivity index (χ0) is 38.9. The average molecular weight is 633 g/mol. The highest BCUT2D eigenvalue weighted by Crippen LogP contribution is 2.53. The molecular weight excluding hydrogens is 591 g/mol. The van der Waals surface area contributed by atoms with E-state index in [9.17, 15) is 0 Å². The Labute approximate surface area is 298 Å². The molecule has 8 aromatic rings. The number of anilines is 3. The molecule has 0 amide bonds. The topological polar surface area (TPSA) is 3.24 Å². The van der Waals surface area contributed by atoms with E-state index in [1.807, 2.05) is 42.5 Å². The Hall–Kier alpha value is -6.18. The Morgan fingerprint density at radius 3 is 1.71 bits per heavy atom. The molecule has 0 aliphatic heterocycles. The van der Waals surface area contributed by atoms with Crippen molar-refractivity contribution in [1.82, 2.24) is 0 Å². The molecule has 232 valence electrons. The summed E-state index contributed by atoms with van der Waals surface area (Å²) in [7, 11) is 0. The van der Waals surface area contributed by atoms with Gasteiger partial charge in [0.15, 0.2) is 0 Å². The molecule has 9 rings (SSSR count). The van der Waals surface area contributed by atoms with Crippen LogP contribution in [0.2, 0.25) is 0 Å². The van der Waals surface area contributed by atoms with Crippen LogP contribution in [0.1, 0.15) is 33.2 Å². The van der Waals surface area contributed by atoms with E-state index in [0.717, 1.165) is 33.8 Å². The van der Waals surface area contributed by atoms with Crippen molar-refractivity contribution in [3.63, 3.8) is 0 Å². The predicted molar refractivity (Wildman–Crippen MR) is 207 cm³/mol. The van der Waals surface area contributed by atoms with Gasteiger partial charge in [0.1, 0.15) is 0 Å². The van der Waals surface area contributed by atoms with Gasteiger partial charge in [0.05, 0.1) is 9.60 Å². The highest BCUT2D eigenvalue weighted by molar-refractivity contribution is 5.97. The first-order chi connectivity index (χ1) is 27.1. The Morgan fingerprint density at radius 2 is 1.02 bits per heavy atom. The molecule has 0 N–H and O–H groups in total. The SMILES string of the molecule is [2H]c1c([2H])c([2H])c2c(-c3ccc(N(c4ccc(-c5ccccc5)cc4)c4cccc(C5(C)c6ccccc6-c6ccccc65)c4)cc3)c([2H])c([2H])c([2H])c2c1[2H]. The minimum atomic E-state index is -0.468. The molecular formula is C48H35N. The molecule has 0 spiro atoms. The molecule has 0 unspecified atom stereocenters. The summed E-state index contributed by atoms with van der Waals surface area (Å²) in [5.74, 6) is 0. The van der Waals surface area contributed by atoms with Gasteiger partial charge in [-0.3, -0.25) is 0 Å². The maximum atomic E-state index is 8.90. The molecule has 0 bridgehead atoms. The molecule has 0 atom stereocenters. The Balaban J connectivity index is 1.21. The number of hydrogen-bond donors (Lipinski definition) is 0. The van der Waals surface area contributed by atoms with Gasteiger partial charge in [-0.05, 0) is 104 Å². The normalized spacial score (nSPS) is 14.8. The van der Waals surface area contributed by atoms with Gasteiger partial charge in [-0.15, -0.1) is 0 Å². The van der Waals surface area contributed by atoms with E-state index in [0.29, 0.717) is 5.56 Å². The molecule has 0 radical (unpaired) electrons. The lowest BCUT2D eigenvalue weighted by molar-refractivity contribution is 0.714. The van der Waals surface area contributed by atoms with Crippen LogP contribution in [-0.4, -0.2) is 0 Å². The third kappa shape index (κ3) is 4.86. The van der Waals surface area contributed by atoms with Crippen LogP contribution in [0.25, 0.3) is 44.2 Å². The standard InChI is InChI=1S/C48H35N/c1-48(46-23-9-7-20-44(46)45-21-8-10-24-47(45)48)38-17-12-18-41(33-38)49(39-29-25-35(26-30-39)34-13-3-2-4-14-34)40-31-27-37(28-32-40)43-22-11-16-36-15-5-6-19-42(36)43/h2-33H,1H3/i5D,6D,11D,15D,16D,19D,22D. The van der Waals surface area contributed by atoms with E-state index in [4.69, 9.17) is 9.60 Å². The van der Waals surface area contributed by atoms with Crippen LogP contribution < -0.4 is 4.90 Å². The first-order valence-corrected chi connectivity index (χ1v) is 16.5. The van der Waals surface area contributed by atoms with Gasteiger partial charge in [-0.1, -0.05) is 158 Å². The van der Waals surface area contributed by atoms with Crippen LogP contribution in [-0.2, 0) is 5.41 Å². The molecule has 0 saturated carbocycles. The monoisotopic (exact) mass is 632 g/mol. The van der Waals surface area contributed by atoms with Crippen molar-refractivity contribution in [3.8, 4) is 33.4 Å². The van der Waals surface area contributed by atoms with E-state index in [2.05, 4.69) is 121 Å². The zero-order valence-electron chi connectivity index (χ0n) is 33.9. The van der Waals surface area contributed by atoms with Gasteiger partial charge >= 0.3 is 0 Å². The van der Waals surface area contributed by atoms with Crippen molar-refractivity contribution < 1.29 is 9.60 Å². The summed E-state index contributed by atoms with van der Waals surface area (Å²) in [5.41, 5.74) is 11.4. The van der Waals surface area contributed by atoms with Crippen molar-refractivity contribution in [2.24, 2.45) is 0 Å². The van der Waals surface area contributed by atoms with Crippen molar-refractivity contribution >= 4 is 27.8 Å². The summed E-state index contributed by atoms with van der Waals surface area (Å²) >= 11 is 0. The minimum absolute atomic E-state index is 0.0587. The number of rotatable bonds is 6. The highest BCUT2D eigenvalue weighted by atomic mass is 15.1. The molecule has 0 fully saturated rings. The molecule has 1 aliphatic rings. The van der Waals surface area contributed by atoms with Crippen molar-refractivity contribution in [3.05, 3.63) is 211 Å². The molecule has 8 aromatic carbocycles. The van der Waals surface area contributed by atoms with Gasteiger partial charge in [0, 0.05) is 22.5 Å². The second-order valence-electron chi connectivity index (χ2n) is 12.6. The van der Waals surface area contributed by atoms with E-state index in [-0.39, 0.29) is 46.5 Å². The molecule has 1 heteroatoms. The lowest BCUT2D eigenvalue weighted by atomic mass is 9.74. The number of benzene rings is 8. The van der Waals surface area contributed by atoms with E-state index >= 15 is 0 Å². The summed E-state index contributed by atoms with van der Waals surface area (Å²) in [6.45, 7) is 2.30. The first-order valence-electron chi connectivity index (χ1n) is 20.0. The molecule has 0 saturated heterocycles. The predicted octanol–water partition coefficient (Wildman–Crippen LogP) is 13.0. The van der Waals surface area contributed by atoms with E-state index in [1.165, 1.54) is 22.3 Å². The van der Waals surface area contributed by atoms with E-state index < -0.39 is 17.5 Å². The highest BCUT2D eigenvalue weighted by Gasteiger charge is 2.40. The molecule has 0 heterocycles. The van der Waals surface area contributed by atoms with Gasteiger partial charge in [-0.25, -0.2) is 0 Å². The van der Waals surface area contributed by atoms with Crippen LogP contribution >= 0.6 is 0 Å². The quantitative estimate of drug-likeness (QED) is 0.176. The van der Waals surface area contributed by atoms with Crippen molar-refractivity contribution in [2.45, 2.75) is 12.3 Å². The van der Waals surface area contributed by atoms with Crippen LogP contribution in [0.15, 0.2) is 194 Å². The fourth-order valence-electron chi connectivity index (χ4n) is 7.41. The van der Waals surface area contributed by atoms with Gasteiger partial charge in [-0.2, -0.15) is 0 Å². The average Bonchev–Trinajstić information content (AvgIpc) is 3.51. The van der Waals surface area contributed by atoms with Crippen LogP contribution in [0, 0.1) is 0 Å². The molecule has 0 aromatic heterocycles. The summed E-state index contributed by atoms with van der Waals surface area (Å²) in [6.07, 6.45) is 0. The van der Waals surface area contributed by atoms with Crippen molar-refractivity contribution in [1.29, 1.82) is 0 Å². The zero-order valence-corrected chi connectivity index (χ0v) is 26.9. The fourth-order valence-corrected chi connectivity index (χ4v) is 7.41. The largest absolute Gasteiger partial charge is 0.310 e. The third-order valence-electron chi connectivity index (χ3n) is 9.86. The second-order valence-corrected chi connectivity index (χ2v) is 12.6. The smallest absolute Gasteiger partial charge is 0.0629 e. The lowest BCUT2D eigenvalue weighted by Gasteiger charge is -2.31. The number of fused-ring (bicyclic) bond motifs is 4. The van der Waals surface area contributed by atoms with Gasteiger partial charge in [0.25, 0.3) is 0 Å². The maximum absolute atomic E-state index is 8.90. The van der Waals surface area contributed by atoms with Crippen LogP contribution in [0.4, 0.5) is 17.1 Å². The molecule has 49 heavy (non-hydrogen) atoms. The Kier molecular flexibility index (Phi) is 5.40. The fraction of sp³-hybridized carbons (Fsp3) is 0.0417. The Bertz CT molecular complexity index is 2780. The number of hydrogen-bond acceptors (Lipinski definition) is 1. The van der Waals surface area contributed by atoms with Crippen molar-refractivity contribution in [2.75, 3.05) is 4.90 Å². The number of nitrogens with zero attached hydrogens (tertiary/aromatic N) is 1. The van der Waals surface area contributed by atoms with Crippen LogP contribution in [0.5, 0.6) is 0 Å². The van der Waals surface area contributed by atoms with Gasteiger partial charge < -0.3 is 4.90 Å². The first kappa shape index (κ1) is 22.4.